The molecule has 2 aromatic rings. The summed E-state index contributed by atoms with van der Waals surface area (Å²) in [5, 5.41) is 3.74. The highest BCUT2D eigenvalue weighted by Gasteiger charge is 2.30. The molecule has 0 saturated carbocycles. The molecule has 0 unspecified atom stereocenters. The number of nitrogens with zero attached hydrogens (tertiary/aromatic N) is 4. The molecule has 2 atom stereocenters. The van der Waals surface area contributed by atoms with Crippen molar-refractivity contribution in [3.05, 3.63) is 82.0 Å². The Balaban J connectivity index is 1.93. The van der Waals surface area contributed by atoms with Crippen LogP contribution in [-0.2, 0) is 0 Å². The predicted octanol–water partition coefficient (Wildman–Crippen LogP) is 4.69. The van der Waals surface area contributed by atoms with E-state index >= 15 is 0 Å². The topological polar surface area (TPSA) is 52.0 Å². The van der Waals surface area contributed by atoms with Crippen molar-refractivity contribution < 1.29 is 4.39 Å². The molecule has 0 aliphatic carbocycles. The highest BCUT2D eigenvalue weighted by atomic mass is 19.1. The molecular weight excluding hydrogens is 315 g/mol. The third kappa shape index (κ3) is 4.39. The first kappa shape index (κ1) is 17.0. The summed E-state index contributed by atoms with van der Waals surface area (Å²) in [6.45, 7) is 1.32. The van der Waals surface area contributed by atoms with Crippen LogP contribution in [0.5, 0.6) is 0 Å². The van der Waals surface area contributed by atoms with Gasteiger partial charge in [-0.25, -0.2) is 4.39 Å². The van der Waals surface area contributed by atoms with Gasteiger partial charge in [0.1, 0.15) is 5.82 Å². The van der Waals surface area contributed by atoms with Gasteiger partial charge in [-0.2, -0.15) is 0 Å². The number of halogens is 1. The van der Waals surface area contributed by atoms with E-state index in [2.05, 4.69) is 26.8 Å². The van der Waals surface area contributed by atoms with Crippen LogP contribution in [0.25, 0.3) is 10.4 Å². The summed E-state index contributed by atoms with van der Waals surface area (Å²) >= 11 is 0. The number of rotatable bonds is 4. The Kier molecular flexibility index (Phi) is 5.69. The van der Waals surface area contributed by atoms with E-state index < -0.39 is 0 Å². The molecule has 2 aromatic carbocycles. The van der Waals surface area contributed by atoms with E-state index in [1.165, 1.54) is 12.1 Å². The average Bonchev–Trinajstić information content (AvgIpc) is 3.11. The van der Waals surface area contributed by atoms with Gasteiger partial charge in [-0.3, -0.25) is 4.90 Å². The molecule has 3 rings (SSSR count). The molecule has 0 amide bonds. The van der Waals surface area contributed by atoms with Crippen molar-refractivity contribution in [3.63, 3.8) is 0 Å². The lowest BCUT2D eigenvalue weighted by molar-refractivity contribution is 0.223. The van der Waals surface area contributed by atoms with Crippen molar-refractivity contribution in [2.24, 2.45) is 5.11 Å². The molecule has 1 fully saturated rings. The number of hydrogen-bond acceptors (Lipinski definition) is 2. The van der Waals surface area contributed by atoms with Crippen LogP contribution in [0, 0.1) is 17.7 Å². The van der Waals surface area contributed by atoms with Gasteiger partial charge >= 0.3 is 0 Å². The minimum absolute atomic E-state index is 0.151. The van der Waals surface area contributed by atoms with Crippen molar-refractivity contribution in [3.8, 4) is 11.8 Å². The lowest BCUT2D eigenvalue weighted by atomic mass is 10.0. The Labute approximate surface area is 146 Å². The molecule has 0 N–H and O–H groups in total. The van der Waals surface area contributed by atoms with Crippen LogP contribution < -0.4 is 0 Å². The van der Waals surface area contributed by atoms with Gasteiger partial charge in [0.15, 0.2) is 0 Å². The lowest BCUT2D eigenvalue weighted by Gasteiger charge is -2.29. The van der Waals surface area contributed by atoms with E-state index in [0.29, 0.717) is 6.54 Å². The van der Waals surface area contributed by atoms with Crippen LogP contribution in [0.4, 0.5) is 4.39 Å². The maximum atomic E-state index is 13.3. The largest absolute Gasteiger partial charge is 0.283 e. The molecule has 0 bridgehead atoms. The van der Waals surface area contributed by atoms with Crippen LogP contribution in [0.2, 0.25) is 0 Å². The van der Waals surface area contributed by atoms with Crippen molar-refractivity contribution >= 4 is 0 Å². The van der Waals surface area contributed by atoms with E-state index in [-0.39, 0.29) is 17.9 Å². The summed E-state index contributed by atoms with van der Waals surface area (Å²) in [6.07, 6.45) is 2.01. The molecule has 0 radical (unpaired) electrons. The molecule has 0 aromatic heterocycles. The van der Waals surface area contributed by atoms with Gasteiger partial charge in [-0.05, 0) is 54.7 Å². The summed E-state index contributed by atoms with van der Waals surface area (Å²) in [4.78, 5) is 5.15. The summed E-state index contributed by atoms with van der Waals surface area (Å²) in [5.41, 5.74) is 10.5. The van der Waals surface area contributed by atoms with Crippen molar-refractivity contribution in [2.45, 2.75) is 24.9 Å². The van der Waals surface area contributed by atoms with Crippen LogP contribution in [-0.4, -0.2) is 24.0 Å². The molecular formula is C20H19FN4. The van der Waals surface area contributed by atoms with E-state index in [9.17, 15) is 4.39 Å². The second-order valence-electron chi connectivity index (χ2n) is 6.04. The Morgan fingerprint density at radius 3 is 2.68 bits per heavy atom. The van der Waals surface area contributed by atoms with Crippen LogP contribution >= 0.6 is 0 Å². The monoisotopic (exact) mass is 334 g/mol. The fourth-order valence-corrected chi connectivity index (χ4v) is 3.20. The average molecular weight is 334 g/mol. The first-order valence-corrected chi connectivity index (χ1v) is 8.36. The standard InChI is InChI=1S/C20H19FN4/c21-18-11-9-17(10-12-18)20(13-8-16-5-2-1-3-6-16)25-14-4-7-19(25)15-23-24-22/h1-3,5-6,9-12,19-20H,4,7,14-15H2/t19-,20+/m0/s1. The third-order valence-electron chi connectivity index (χ3n) is 4.42. The van der Waals surface area contributed by atoms with E-state index in [4.69, 9.17) is 5.53 Å². The Morgan fingerprint density at radius 2 is 1.96 bits per heavy atom. The Hall–Kier alpha value is -2.80. The van der Waals surface area contributed by atoms with Crippen molar-refractivity contribution in [2.75, 3.05) is 13.1 Å². The fourth-order valence-electron chi connectivity index (χ4n) is 3.20. The van der Waals surface area contributed by atoms with Gasteiger partial charge in [0.25, 0.3) is 0 Å². The number of likely N-dealkylation sites (tertiary alicyclic amines) is 1. The molecule has 1 heterocycles. The second-order valence-corrected chi connectivity index (χ2v) is 6.04. The van der Waals surface area contributed by atoms with Gasteiger partial charge < -0.3 is 0 Å². The fraction of sp³-hybridized carbons (Fsp3) is 0.300. The minimum Gasteiger partial charge on any atom is -0.283 e. The molecule has 1 aliphatic rings. The quantitative estimate of drug-likeness (QED) is 0.346. The van der Waals surface area contributed by atoms with Crippen LogP contribution in [0.3, 0.4) is 0 Å². The maximum absolute atomic E-state index is 13.3. The molecule has 0 spiro atoms. The zero-order valence-corrected chi connectivity index (χ0v) is 13.8. The maximum Gasteiger partial charge on any atom is 0.123 e. The summed E-state index contributed by atoms with van der Waals surface area (Å²) < 4.78 is 13.3. The van der Waals surface area contributed by atoms with Crippen molar-refractivity contribution in [1.82, 2.24) is 4.90 Å². The van der Waals surface area contributed by atoms with Gasteiger partial charge in [-0.1, -0.05) is 47.3 Å². The van der Waals surface area contributed by atoms with Crippen LogP contribution in [0.15, 0.2) is 59.7 Å². The Bertz CT molecular complexity index is 801. The highest BCUT2D eigenvalue weighted by Crippen LogP contribution is 2.29. The zero-order valence-electron chi connectivity index (χ0n) is 13.8. The molecule has 5 heteroatoms. The first-order chi connectivity index (χ1) is 12.3. The Morgan fingerprint density at radius 1 is 1.20 bits per heavy atom. The molecule has 1 aliphatic heterocycles. The number of hydrogen-bond donors (Lipinski definition) is 0. The van der Waals surface area contributed by atoms with Gasteiger partial charge in [0, 0.05) is 23.1 Å². The van der Waals surface area contributed by atoms with Crippen molar-refractivity contribution in [1.29, 1.82) is 0 Å². The van der Waals surface area contributed by atoms with E-state index in [0.717, 1.165) is 30.5 Å². The smallest absolute Gasteiger partial charge is 0.123 e. The van der Waals surface area contributed by atoms with Gasteiger partial charge in [0.05, 0.1) is 6.04 Å². The highest BCUT2D eigenvalue weighted by molar-refractivity contribution is 5.38. The summed E-state index contributed by atoms with van der Waals surface area (Å²) in [6, 6.07) is 16.3. The minimum atomic E-state index is -0.259. The van der Waals surface area contributed by atoms with Gasteiger partial charge in [-0.15, -0.1) is 0 Å². The number of azide groups is 1. The summed E-state index contributed by atoms with van der Waals surface area (Å²) in [5.74, 6) is 6.30. The SMILES string of the molecule is [N-]=[N+]=NC[C@@H]1CCCN1[C@H](C#Cc1ccccc1)c1ccc(F)cc1. The third-order valence-corrected chi connectivity index (χ3v) is 4.42. The normalized spacial score (nSPS) is 18.0. The predicted molar refractivity (Wildman–Crippen MR) is 96.2 cm³/mol. The van der Waals surface area contributed by atoms with E-state index in [1.54, 1.807) is 12.1 Å². The molecule has 126 valence electrons. The van der Waals surface area contributed by atoms with Gasteiger partial charge in [0.2, 0.25) is 0 Å². The lowest BCUT2D eigenvalue weighted by Crippen LogP contribution is -2.34. The molecule has 4 nitrogen and oxygen atoms in total. The summed E-state index contributed by atoms with van der Waals surface area (Å²) in [7, 11) is 0. The molecule has 1 saturated heterocycles. The van der Waals surface area contributed by atoms with E-state index in [1.807, 2.05) is 30.3 Å². The molecule has 25 heavy (non-hydrogen) atoms. The second kappa shape index (κ2) is 8.34. The van der Waals surface area contributed by atoms with Crippen LogP contribution in [0.1, 0.15) is 30.0 Å². The first-order valence-electron chi connectivity index (χ1n) is 8.36. The zero-order chi connectivity index (χ0) is 17.5. The number of benzene rings is 2.